The molecule has 2 nitrogen and oxygen atoms in total. The van der Waals surface area contributed by atoms with Gasteiger partial charge in [-0.1, -0.05) is 31.6 Å². The Morgan fingerprint density at radius 1 is 0.773 bits per heavy atom. The van der Waals surface area contributed by atoms with E-state index in [1.807, 2.05) is 36.4 Å². The van der Waals surface area contributed by atoms with Gasteiger partial charge in [0.1, 0.15) is 8.07 Å². The molecule has 3 heteroatoms. The van der Waals surface area contributed by atoms with Crippen molar-refractivity contribution in [3.8, 4) is 11.5 Å². The zero-order valence-electron chi connectivity index (χ0n) is 13.9. The first-order chi connectivity index (χ1) is 10.3. The molecule has 2 rings (SSSR count). The van der Waals surface area contributed by atoms with Crippen molar-refractivity contribution in [1.29, 1.82) is 0 Å². The molecule has 0 amide bonds. The van der Waals surface area contributed by atoms with Crippen LogP contribution in [0.3, 0.4) is 0 Å². The van der Waals surface area contributed by atoms with E-state index in [1.165, 1.54) is 11.1 Å². The van der Waals surface area contributed by atoms with Crippen molar-refractivity contribution < 1.29 is 0 Å². The first kappa shape index (κ1) is 16.2. The summed E-state index contributed by atoms with van der Waals surface area (Å²) in [5, 5.41) is 8.60. The molecule has 0 N–H and O–H groups in total. The predicted octanol–water partition coefficient (Wildman–Crippen LogP) is 5.95. The van der Waals surface area contributed by atoms with Crippen molar-refractivity contribution in [3.05, 3.63) is 59.2 Å². The molecule has 112 valence electrons. The summed E-state index contributed by atoms with van der Waals surface area (Å²) in [7, 11) is -1.33. The Balaban J connectivity index is 2.13. The van der Waals surface area contributed by atoms with Crippen molar-refractivity contribution in [2.45, 2.75) is 33.5 Å². The third-order valence-electron chi connectivity index (χ3n) is 2.94. The summed E-state index contributed by atoms with van der Waals surface area (Å²) in [4.78, 5) is 0. The van der Waals surface area contributed by atoms with Crippen LogP contribution in [0.5, 0.6) is 0 Å². The Hall–Kier alpha value is -2.18. The highest BCUT2D eigenvalue weighted by atomic mass is 28.3. The van der Waals surface area contributed by atoms with E-state index in [9.17, 15) is 0 Å². The molecule has 0 bridgehead atoms. The van der Waals surface area contributed by atoms with Gasteiger partial charge in [-0.25, -0.2) is 0 Å². The number of hydrogen-bond donors (Lipinski definition) is 0. The van der Waals surface area contributed by atoms with Gasteiger partial charge in [0.25, 0.3) is 0 Å². The summed E-state index contributed by atoms with van der Waals surface area (Å²) in [6.45, 7) is 10.9. The average Bonchev–Trinajstić information content (AvgIpc) is 2.42. The number of benzene rings is 2. The van der Waals surface area contributed by atoms with Gasteiger partial charge in [0.05, 0.1) is 11.4 Å². The van der Waals surface area contributed by atoms with Gasteiger partial charge >= 0.3 is 0 Å². The minimum atomic E-state index is -1.33. The third kappa shape index (κ3) is 5.31. The zero-order chi connectivity index (χ0) is 16.2. The number of hydrogen-bond acceptors (Lipinski definition) is 2. The Morgan fingerprint density at radius 2 is 1.32 bits per heavy atom. The normalized spacial score (nSPS) is 11.3. The summed E-state index contributed by atoms with van der Waals surface area (Å²) in [5.41, 5.74) is 8.53. The van der Waals surface area contributed by atoms with Crippen LogP contribution in [0.1, 0.15) is 16.7 Å². The maximum atomic E-state index is 4.31. The number of nitrogens with zero attached hydrogens (tertiary/aromatic N) is 2. The standard InChI is InChI=1S/C19H22N2Si/c1-15-12-16(2)14-19(13-15)21-20-18-8-6-17(7-9-18)10-11-22(3,4)5/h6-9,12-14H,1-5H3. The van der Waals surface area contributed by atoms with Gasteiger partial charge in [0, 0.05) is 5.56 Å². The molecule has 0 heterocycles. The lowest BCUT2D eigenvalue weighted by molar-refractivity contribution is 1.21. The van der Waals surface area contributed by atoms with Crippen molar-refractivity contribution in [2.75, 3.05) is 0 Å². The van der Waals surface area contributed by atoms with Gasteiger partial charge in [-0.2, -0.15) is 10.2 Å². The molecule has 0 unspecified atom stereocenters. The highest BCUT2D eigenvalue weighted by Crippen LogP contribution is 2.21. The number of azo groups is 1. The van der Waals surface area contributed by atoms with Gasteiger partial charge in [0.2, 0.25) is 0 Å². The summed E-state index contributed by atoms with van der Waals surface area (Å²) in [5.74, 6) is 3.24. The molecule has 0 aliphatic heterocycles. The summed E-state index contributed by atoms with van der Waals surface area (Å²) in [6, 6.07) is 14.1. The smallest absolute Gasteiger partial charge is 0.129 e. The third-order valence-corrected chi connectivity index (χ3v) is 3.81. The fourth-order valence-electron chi connectivity index (χ4n) is 1.99. The predicted molar refractivity (Wildman–Crippen MR) is 96.8 cm³/mol. The maximum Gasteiger partial charge on any atom is 0.129 e. The first-order valence-electron chi connectivity index (χ1n) is 7.45. The van der Waals surface area contributed by atoms with Crippen molar-refractivity contribution >= 4 is 19.4 Å². The molecule has 22 heavy (non-hydrogen) atoms. The Bertz CT molecular complexity index is 721. The molecule has 0 saturated carbocycles. The van der Waals surface area contributed by atoms with E-state index >= 15 is 0 Å². The van der Waals surface area contributed by atoms with Gasteiger partial charge in [0.15, 0.2) is 0 Å². The van der Waals surface area contributed by atoms with Gasteiger partial charge in [-0.3, -0.25) is 0 Å². The molecule has 0 atom stereocenters. The van der Waals surface area contributed by atoms with Crippen molar-refractivity contribution in [1.82, 2.24) is 0 Å². The van der Waals surface area contributed by atoms with E-state index in [0.717, 1.165) is 16.9 Å². The largest absolute Gasteiger partial charge is 0.151 e. The van der Waals surface area contributed by atoms with E-state index in [2.05, 4.69) is 61.2 Å². The highest BCUT2D eigenvalue weighted by molar-refractivity contribution is 6.83. The highest BCUT2D eigenvalue weighted by Gasteiger charge is 2.07. The molecular formula is C19H22N2Si. The SMILES string of the molecule is Cc1cc(C)cc(N=Nc2ccc(C#C[Si](C)(C)C)cc2)c1. The molecule has 2 aromatic rings. The molecule has 2 aromatic carbocycles. The fraction of sp³-hybridized carbons (Fsp3) is 0.263. The first-order valence-corrected chi connectivity index (χ1v) is 11.0. The van der Waals surface area contributed by atoms with Crippen LogP contribution in [-0.4, -0.2) is 8.07 Å². The molecule has 0 fully saturated rings. The average molecular weight is 306 g/mol. The molecular weight excluding hydrogens is 284 g/mol. The summed E-state index contributed by atoms with van der Waals surface area (Å²) in [6.07, 6.45) is 0. The summed E-state index contributed by atoms with van der Waals surface area (Å²) >= 11 is 0. The van der Waals surface area contributed by atoms with E-state index < -0.39 is 8.07 Å². The van der Waals surface area contributed by atoms with Gasteiger partial charge in [-0.05, 0) is 61.4 Å². The fourth-order valence-corrected chi connectivity index (χ4v) is 2.51. The quantitative estimate of drug-likeness (QED) is 0.372. The van der Waals surface area contributed by atoms with E-state index in [-0.39, 0.29) is 0 Å². The van der Waals surface area contributed by atoms with Crippen LogP contribution < -0.4 is 0 Å². The molecule has 0 radical (unpaired) electrons. The van der Waals surface area contributed by atoms with Crippen LogP contribution in [0.4, 0.5) is 11.4 Å². The second-order valence-corrected chi connectivity index (χ2v) is 11.3. The van der Waals surface area contributed by atoms with E-state index in [0.29, 0.717) is 0 Å². The van der Waals surface area contributed by atoms with Crippen LogP contribution in [0.25, 0.3) is 0 Å². The van der Waals surface area contributed by atoms with Gasteiger partial charge < -0.3 is 0 Å². The van der Waals surface area contributed by atoms with E-state index in [4.69, 9.17) is 0 Å². The molecule has 0 saturated heterocycles. The monoisotopic (exact) mass is 306 g/mol. The minimum absolute atomic E-state index is 0.845. The number of aryl methyl sites for hydroxylation is 2. The van der Waals surface area contributed by atoms with Crippen LogP contribution >= 0.6 is 0 Å². The van der Waals surface area contributed by atoms with Crippen molar-refractivity contribution in [2.24, 2.45) is 10.2 Å². The van der Waals surface area contributed by atoms with Crippen LogP contribution in [0.15, 0.2) is 52.7 Å². The Morgan fingerprint density at radius 3 is 1.86 bits per heavy atom. The molecule has 0 aliphatic carbocycles. The topological polar surface area (TPSA) is 24.7 Å². The minimum Gasteiger partial charge on any atom is -0.151 e. The number of rotatable bonds is 2. The van der Waals surface area contributed by atoms with E-state index in [1.54, 1.807) is 0 Å². The van der Waals surface area contributed by atoms with Crippen LogP contribution in [-0.2, 0) is 0 Å². The molecule has 0 aromatic heterocycles. The lowest BCUT2D eigenvalue weighted by Gasteiger charge is -2.03. The maximum absolute atomic E-state index is 4.31. The summed E-state index contributed by atoms with van der Waals surface area (Å²) < 4.78 is 0. The Kier molecular flexibility index (Phi) is 4.94. The molecule has 0 spiro atoms. The second kappa shape index (κ2) is 6.72. The lowest BCUT2D eigenvalue weighted by atomic mass is 10.1. The lowest BCUT2D eigenvalue weighted by Crippen LogP contribution is -2.16. The molecule has 0 aliphatic rings. The van der Waals surface area contributed by atoms with Crippen LogP contribution in [0, 0.1) is 25.3 Å². The zero-order valence-corrected chi connectivity index (χ0v) is 14.9. The second-order valence-electron chi connectivity index (χ2n) is 6.59. The van der Waals surface area contributed by atoms with Gasteiger partial charge in [-0.15, -0.1) is 5.54 Å². The van der Waals surface area contributed by atoms with Crippen molar-refractivity contribution in [3.63, 3.8) is 0 Å². The van der Waals surface area contributed by atoms with Crippen LogP contribution in [0.2, 0.25) is 19.6 Å². The Labute approximate surface area is 134 Å².